The van der Waals surface area contributed by atoms with Crippen molar-refractivity contribution < 1.29 is 14.7 Å². The molecule has 9 heteroatoms. The molecule has 5 atom stereocenters. The predicted octanol–water partition coefficient (Wildman–Crippen LogP) is 0.532. The van der Waals surface area contributed by atoms with E-state index in [9.17, 15) is 14.7 Å². The van der Waals surface area contributed by atoms with Crippen molar-refractivity contribution in [3.63, 3.8) is 0 Å². The molecule has 2 aliphatic heterocycles. The Balaban J connectivity index is 1.59. The number of para-hydroxylation sites is 1. The van der Waals surface area contributed by atoms with Crippen LogP contribution in [0.15, 0.2) is 45.1 Å². The molecule has 154 valence electrons. The van der Waals surface area contributed by atoms with Gasteiger partial charge in [-0.1, -0.05) is 37.2 Å². The summed E-state index contributed by atoms with van der Waals surface area (Å²) >= 11 is 0. The summed E-state index contributed by atoms with van der Waals surface area (Å²) in [6, 6.07) is 8.21. The lowest BCUT2D eigenvalue weighted by Gasteiger charge is -2.38. The van der Waals surface area contributed by atoms with Gasteiger partial charge in [0.25, 0.3) is 0 Å². The molecule has 1 aliphatic carbocycles. The second-order valence-corrected chi connectivity index (χ2v) is 8.31. The zero-order chi connectivity index (χ0) is 20.3. The zero-order valence-corrected chi connectivity index (χ0v) is 16.3. The smallest absolute Gasteiger partial charge is 0.352 e. The molecule has 1 aromatic heterocycles. The van der Waals surface area contributed by atoms with Crippen molar-refractivity contribution in [2.24, 2.45) is 17.0 Å². The van der Waals surface area contributed by atoms with Crippen LogP contribution in [0.1, 0.15) is 26.3 Å². The summed E-state index contributed by atoms with van der Waals surface area (Å²) in [5.74, 6) is 0.115. The molecule has 5 rings (SSSR count). The number of rotatable bonds is 4. The van der Waals surface area contributed by atoms with Gasteiger partial charge in [0.1, 0.15) is 24.9 Å². The van der Waals surface area contributed by atoms with Crippen LogP contribution in [-0.4, -0.2) is 49.7 Å². The van der Waals surface area contributed by atoms with Crippen molar-refractivity contribution in [3.8, 4) is 5.69 Å². The summed E-state index contributed by atoms with van der Waals surface area (Å²) in [5, 5.41) is 15.2. The Labute approximate surface area is 166 Å². The van der Waals surface area contributed by atoms with Gasteiger partial charge in [0.15, 0.2) is 0 Å². The average molecular weight is 400 g/mol. The highest BCUT2D eigenvalue weighted by Crippen LogP contribution is 2.46. The maximum atomic E-state index is 13.2. The number of fused-ring (bicyclic) bond motifs is 4. The fraction of sp³-hybridized carbons (Fsp3) is 0.550. The second kappa shape index (κ2) is 6.70. The topological polar surface area (TPSA) is 103 Å². The minimum atomic E-state index is -0.885. The van der Waals surface area contributed by atoms with Crippen LogP contribution in [-0.2, 0) is 16.1 Å². The van der Waals surface area contributed by atoms with Gasteiger partial charge in [0.05, 0.1) is 17.4 Å². The molecule has 1 saturated heterocycles. The SMILES string of the molecule is CC(C)CON=C1[C@H]2CCn3c(=O)n(-c4ccccc4)c(=O)n3[C@H]2[C@H](O)[C@@H]2O[C@H]12. The van der Waals surface area contributed by atoms with Crippen LogP contribution >= 0.6 is 0 Å². The highest BCUT2D eigenvalue weighted by molar-refractivity contribution is 5.94. The highest BCUT2D eigenvalue weighted by atomic mass is 16.6. The zero-order valence-electron chi connectivity index (χ0n) is 16.3. The summed E-state index contributed by atoms with van der Waals surface area (Å²) in [6.45, 7) is 4.92. The Morgan fingerprint density at radius 3 is 2.72 bits per heavy atom. The van der Waals surface area contributed by atoms with E-state index in [0.717, 1.165) is 10.3 Å². The van der Waals surface area contributed by atoms with E-state index in [0.29, 0.717) is 31.2 Å². The number of oxime groups is 1. The molecule has 1 aromatic carbocycles. The fourth-order valence-electron chi connectivity index (χ4n) is 4.50. The van der Waals surface area contributed by atoms with E-state index in [1.54, 1.807) is 24.3 Å². The van der Waals surface area contributed by atoms with Gasteiger partial charge in [-0.25, -0.2) is 23.5 Å². The van der Waals surface area contributed by atoms with Crippen molar-refractivity contribution in [2.45, 2.75) is 51.2 Å². The number of aliphatic hydroxyl groups is 1. The predicted molar refractivity (Wildman–Crippen MR) is 104 cm³/mol. The highest BCUT2D eigenvalue weighted by Gasteiger charge is 2.61. The molecule has 0 bridgehead atoms. The van der Waals surface area contributed by atoms with Gasteiger partial charge in [-0.15, -0.1) is 0 Å². The Morgan fingerprint density at radius 2 is 2.00 bits per heavy atom. The molecule has 3 aliphatic rings. The third-order valence-corrected chi connectivity index (χ3v) is 5.88. The number of ether oxygens (including phenoxy) is 1. The summed E-state index contributed by atoms with van der Waals surface area (Å²) in [4.78, 5) is 31.7. The minimum absolute atomic E-state index is 0.218. The Kier molecular flexibility index (Phi) is 4.25. The van der Waals surface area contributed by atoms with Crippen LogP contribution in [0.5, 0.6) is 0 Å². The van der Waals surface area contributed by atoms with Gasteiger partial charge < -0.3 is 14.7 Å². The number of nitrogens with zero attached hydrogens (tertiary/aromatic N) is 4. The molecule has 3 heterocycles. The minimum Gasteiger partial charge on any atom is -0.395 e. The molecule has 0 radical (unpaired) electrons. The van der Waals surface area contributed by atoms with E-state index in [2.05, 4.69) is 5.16 Å². The van der Waals surface area contributed by atoms with Crippen molar-refractivity contribution in [2.75, 3.05) is 6.61 Å². The van der Waals surface area contributed by atoms with Crippen LogP contribution in [0.2, 0.25) is 0 Å². The number of benzene rings is 1. The van der Waals surface area contributed by atoms with Crippen LogP contribution in [0.4, 0.5) is 0 Å². The second-order valence-electron chi connectivity index (χ2n) is 8.31. The summed E-state index contributed by atoms with van der Waals surface area (Å²) in [6.07, 6.45) is -1.00. The molecular weight excluding hydrogens is 376 g/mol. The van der Waals surface area contributed by atoms with Gasteiger partial charge in [-0.05, 0) is 24.5 Å². The van der Waals surface area contributed by atoms with Gasteiger partial charge in [-0.2, -0.15) is 0 Å². The summed E-state index contributed by atoms with van der Waals surface area (Å²) in [7, 11) is 0. The van der Waals surface area contributed by atoms with Crippen molar-refractivity contribution >= 4 is 5.71 Å². The van der Waals surface area contributed by atoms with Gasteiger partial charge >= 0.3 is 11.4 Å². The summed E-state index contributed by atoms with van der Waals surface area (Å²) in [5.41, 5.74) is 0.370. The van der Waals surface area contributed by atoms with Crippen LogP contribution in [0.25, 0.3) is 5.69 Å². The molecule has 0 spiro atoms. The summed E-state index contributed by atoms with van der Waals surface area (Å²) < 4.78 is 9.63. The number of hydrogen-bond acceptors (Lipinski definition) is 6. The molecule has 0 amide bonds. The van der Waals surface area contributed by atoms with Gasteiger partial charge in [-0.3, -0.25) is 0 Å². The molecule has 1 saturated carbocycles. The lowest BCUT2D eigenvalue weighted by Crippen LogP contribution is -2.53. The fourth-order valence-corrected chi connectivity index (χ4v) is 4.50. The van der Waals surface area contributed by atoms with Gasteiger partial charge in [0.2, 0.25) is 0 Å². The average Bonchev–Trinajstić information content (AvgIpc) is 3.46. The van der Waals surface area contributed by atoms with Crippen molar-refractivity contribution in [1.29, 1.82) is 0 Å². The lowest BCUT2D eigenvalue weighted by atomic mass is 9.78. The van der Waals surface area contributed by atoms with Crippen LogP contribution in [0.3, 0.4) is 0 Å². The molecule has 2 aromatic rings. The Hall–Kier alpha value is -2.65. The molecule has 29 heavy (non-hydrogen) atoms. The molecule has 0 unspecified atom stereocenters. The standard InChI is InChI=1S/C20H24N4O5/c1-11(2)10-28-21-14-13-8-9-22-19(26)23(12-6-4-3-5-7-12)20(27)24(22)15(13)16(25)18-17(14)29-18/h3-7,11,13,15-18,25H,8-10H2,1-2H3/t13-,15-,16+,17-,18+/m1/s1. The van der Waals surface area contributed by atoms with Crippen LogP contribution < -0.4 is 11.4 Å². The number of hydrogen-bond donors (Lipinski definition) is 1. The van der Waals surface area contributed by atoms with E-state index in [-0.39, 0.29) is 12.0 Å². The number of aliphatic hydroxyl groups excluding tert-OH is 1. The van der Waals surface area contributed by atoms with Crippen molar-refractivity contribution in [3.05, 3.63) is 51.3 Å². The number of aromatic nitrogens is 3. The third kappa shape index (κ3) is 2.79. The van der Waals surface area contributed by atoms with E-state index >= 15 is 0 Å². The quantitative estimate of drug-likeness (QED) is 0.596. The Bertz CT molecular complexity index is 1070. The molecule has 1 N–H and O–H groups in total. The molecule has 2 fully saturated rings. The first kappa shape index (κ1) is 18.4. The monoisotopic (exact) mass is 400 g/mol. The lowest BCUT2D eigenvalue weighted by molar-refractivity contribution is 0.0319. The maximum Gasteiger partial charge on any atom is 0.352 e. The first-order valence-electron chi connectivity index (χ1n) is 10.0. The van der Waals surface area contributed by atoms with Gasteiger partial charge in [0, 0.05) is 12.5 Å². The third-order valence-electron chi connectivity index (χ3n) is 5.88. The van der Waals surface area contributed by atoms with E-state index in [1.165, 1.54) is 9.36 Å². The number of epoxide rings is 1. The largest absolute Gasteiger partial charge is 0.395 e. The van der Waals surface area contributed by atoms with Crippen LogP contribution in [0, 0.1) is 11.8 Å². The first-order chi connectivity index (χ1) is 14.0. The maximum absolute atomic E-state index is 13.2. The normalized spacial score (nSPS) is 31.3. The van der Waals surface area contributed by atoms with Crippen molar-refractivity contribution in [1.82, 2.24) is 13.9 Å². The van der Waals surface area contributed by atoms with E-state index < -0.39 is 29.6 Å². The molecular formula is C20H24N4O5. The molecule has 9 nitrogen and oxygen atoms in total. The van der Waals surface area contributed by atoms with E-state index in [1.807, 2.05) is 19.9 Å². The first-order valence-corrected chi connectivity index (χ1v) is 10.0. The van der Waals surface area contributed by atoms with E-state index in [4.69, 9.17) is 9.57 Å². The Morgan fingerprint density at radius 1 is 1.24 bits per heavy atom.